The molecule has 1 aromatic heterocycles. The number of nitrogens with one attached hydrogen (secondary N) is 1. The highest BCUT2D eigenvalue weighted by molar-refractivity contribution is 5.74. The van der Waals surface area contributed by atoms with Crippen molar-refractivity contribution >= 4 is 17.2 Å². The molecule has 2 aromatic rings. The third-order valence-corrected chi connectivity index (χ3v) is 2.79. The number of benzene rings is 1. The molecule has 0 aliphatic carbocycles. The molecular weight excluding hydrogens is 240 g/mol. The van der Waals surface area contributed by atoms with Crippen LogP contribution in [0.3, 0.4) is 0 Å². The molecule has 2 rings (SSSR count). The van der Waals surface area contributed by atoms with Crippen LogP contribution in [0.4, 0.5) is 17.2 Å². The van der Waals surface area contributed by atoms with Crippen molar-refractivity contribution < 1.29 is 4.74 Å². The standard InChI is InChI=1S/C14H14N4O/c1-9-5-6-17-14(13(9)16)18-11-4-3-10(8-15)7-12(11)19-2/h3-7H,16H2,1-2H3,(H,17,18). The van der Waals surface area contributed by atoms with E-state index in [1.54, 1.807) is 31.5 Å². The maximum Gasteiger partial charge on any atom is 0.153 e. The summed E-state index contributed by atoms with van der Waals surface area (Å²) in [7, 11) is 1.55. The molecule has 0 saturated carbocycles. The first-order valence-corrected chi connectivity index (χ1v) is 5.72. The number of nitrogens with two attached hydrogens (primary N) is 1. The van der Waals surface area contributed by atoms with Crippen molar-refractivity contribution in [3.8, 4) is 11.8 Å². The summed E-state index contributed by atoms with van der Waals surface area (Å²) in [6, 6.07) is 9.04. The Bertz CT molecular complexity index is 646. The zero-order chi connectivity index (χ0) is 13.8. The zero-order valence-electron chi connectivity index (χ0n) is 10.8. The fraction of sp³-hybridized carbons (Fsp3) is 0.143. The molecule has 96 valence electrons. The minimum atomic E-state index is 0.535. The zero-order valence-corrected chi connectivity index (χ0v) is 10.8. The Morgan fingerprint density at radius 1 is 1.37 bits per heavy atom. The summed E-state index contributed by atoms with van der Waals surface area (Å²) < 4.78 is 5.25. The number of aryl methyl sites for hydroxylation is 1. The van der Waals surface area contributed by atoms with Crippen LogP contribution in [0.2, 0.25) is 0 Å². The predicted molar refractivity (Wildman–Crippen MR) is 74.4 cm³/mol. The molecular formula is C14H14N4O. The molecule has 1 aromatic carbocycles. The summed E-state index contributed by atoms with van der Waals surface area (Å²) in [4.78, 5) is 4.20. The highest BCUT2D eigenvalue weighted by Gasteiger charge is 2.08. The lowest BCUT2D eigenvalue weighted by Crippen LogP contribution is -2.02. The number of hydrogen-bond donors (Lipinski definition) is 2. The molecule has 5 heteroatoms. The van der Waals surface area contributed by atoms with Crippen molar-refractivity contribution in [3.63, 3.8) is 0 Å². The van der Waals surface area contributed by atoms with E-state index in [0.717, 1.165) is 5.56 Å². The van der Waals surface area contributed by atoms with Crippen LogP contribution in [-0.2, 0) is 0 Å². The second-order valence-electron chi connectivity index (χ2n) is 4.04. The van der Waals surface area contributed by atoms with E-state index in [9.17, 15) is 0 Å². The van der Waals surface area contributed by atoms with Crippen molar-refractivity contribution in [2.45, 2.75) is 6.92 Å². The predicted octanol–water partition coefficient (Wildman–Crippen LogP) is 2.60. The van der Waals surface area contributed by atoms with Gasteiger partial charge in [-0.25, -0.2) is 4.98 Å². The van der Waals surface area contributed by atoms with Crippen LogP contribution in [-0.4, -0.2) is 12.1 Å². The molecule has 0 spiro atoms. The normalized spacial score (nSPS) is 9.74. The molecule has 0 unspecified atom stereocenters. The second kappa shape index (κ2) is 5.27. The van der Waals surface area contributed by atoms with E-state index in [4.69, 9.17) is 15.7 Å². The maximum atomic E-state index is 8.86. The summed E-state index contributed by atoms with van der Waals surface area (Å²) in [5.41, 5.74) is 8.75. The Labute approximate surface area is 111 Å². The monoisotopic (exact) mass is 254 g/mol. The van der Waals surface area contributed by atoms with Gasteiger partial charge in [0.1, 0.15) is 5.75 Å². The van der Waals surface area contributed by atoms with Crippen molar-refractivity contribution in [3.05, 3.63) is 41.6 Å². The number of aromatic nitrogens is 1. The topological polar surface area (TPSA) is 84.0 Å². The molecule has 0 atom stereocenters. The van der Waals surface area contributed by atoms with Crippen LogP contribution in [0.1, 0.15) is 11.1 Å². The van der Waals surface area contributed by atoms with E-state index in [-0.39, 0.29) is 0 Å². The average Bonchev–Trinajstić information content (AvgIpc) is 2.44. The van der Waals surface area contributed by atoms with Gasteiger partial charge in [-0.05, 0) is 30.7 Å². The lowest BCUT2D eigenvalue weighted by molar-refractivity contribution is 0.416. The van der Waals surface area contributed by atoms with Gasteiger partial charge in [0.05, 0.1) is 30.1 Å². The van der Waals surface area contributed by atoms with Crippen molar-refractivity contribution in [1.82, 2.24) is 4.98 Å². The van der Waals surface area contributed by atoms with Gasteiger partial charge in [-0.2, -0.15) is 5.26 Å². The molecule has 0 aliphatic heterocycles. The molecule has 0 bridgehead atoms. The number of anilines is 3. The molecule has 5 nitrogen and oxygen atoms in total. The Hall–Kier alpha value is -2.74. The van der Waals surface area contributed by atoms with Gasteiger partial charge in [-0.1, -0.05) is 0 Å². The Morgan fingerprint density at radius 2 is 2.16 bits per heavy atom. The molecule has 1 heterocycles. The van der Waals surface area contributed by atoms with Gasteiger partial charge in [-0.15, -0.1) is 0 Å². The summed E-state index contributed by atoms with van der Waals surface area (Å²) >= 11 is 0. The first-order valence-electron chi connectivity index (χ1n) is 5.72. The molecule has 0 aliphatic rings. The lowest BCUT2D eigenvalue weighted by atomic mass is 10.2. The van der Waals surface area contributed by atoms with Gasteiger partial charge in [0.2, 0.25) is 0 Å². The third-order valence-electron chi connectivity index (χ3n) is 2.79. The molecule has 0 saturated heterocycles. The number of hydrogen-bond acceptors (Lipinski definition) is 5. The number of nitriles is 1. The van der Waals surface area contributed by atoms with E-state index >= 15 is 0 Å². The van der Waals surface area contributed by atoms with Crippen molar-refractivity contribution in [1.29, 1.82) is 5.26 Å². The number of ether oxygens (including phenoxy) is 1. The fourth-order valence-electron chi connectivity index (χ4n) is 1.66. The van der Waals surface area contributed by atoms with Gasteiger partial charge < -0.3 is 15.8 Å². The van der Waals surface area contributed by atoms with E-state index in [1.807, 2.05) is 13.0 Å². The van der Waals surface area contributed by atoms with E-state index in [2.05, 4.69) is 16.4 Å². The summed E-state index contributed by atoms with van der Waals surface area (Å²) in [6.07, 6.45) is 1.68. The number of nitrogen functional groups attached to an aromatic ring is 1. The van der Waals surface area contributed by atoms with E-state index < -0.39 is 0 Å². The smallest absolute Gasteiger partial charge is 0.153 e. The van der Waals surface area contributed by atoms with Gasteiger partial charge in [0.15, 0.2) is 5.82 Å². The highest BCUT2D eigenvalue weighted by Crippen LogP contribution is 2.30. The number of methoxy groups -OCH3 is 1. The van der Waals surface area contributed by atoms with Gasteiger partial charge in [-0.3, -0.25) is 0 Å². The van der Waals surface area contributed by atoms with Gasteiger partial charge in [0.25, 0.3) is 0 Å². The van der Waals surface area contributed by atoms with Gasteiger partial charge in [0, 0.05) is 12.3 Å². The van der Waals surface area contributed by atoms with Crippen LogP contribution < -0.4 is 15.8 Å². The van der Waals surface area contributed by atoms with Crippen LogP contribution in [0.25, 0.3) is 0 Å². The quantitative estimate of drug-likeness (QED) is 0.879. The summed E-state index contributed by atoms with van der Waals surface area (Å²) in [5, 5.41) is 12.0. The average molecular weight is 254 g/mol. The third kappa shape index (κ3) is 2.58. The highest BCUT2D eigenvalue weighted by atomic mass is 16.5. The molecule has 0 amide bonds. The Balaban J connectivity index is 2.38. The lowest BCUT2D eigenvalue weighted by Gasteiger charge is -2.13. The van der Waals surface area contributed by atoms with E-state index in [1.165, 1.54) is 0 Å². The summed E-state index contributed by atoms with van der Waals surface area (Å²) in [6.45, 7) is 1.91. The van der Waals surface area contributed by atoms with Crippen LogP contribution in [0.15, 0.2) is 30.5 Å². The molecule has 3 N–H and O–H groups in total. The largest absolute Gasteiger partial charge is 0.495 e. The van der Waals surface area contributed by atoms with Gasteiger partial charge >= 0.3 is 0 Å². The van der Waals surface area contributed by atoms with Crippen molar-refractivity contribution in [2.75, 3.05) is 18.2 Å². The number of rotatable bonds is 3. The minimum Gasteiger partial charge on any atom is -0.495 e. The fourth-order valence-corrected chi connectivity index (χ4v) is 1.66. The number of pyridine rings is 1. The minimum absolute atomic E-state index is 0.535. The second-order valence-corrected chi connectivity index (χ2v) is 4.04. The Morgan fingerprint density at radius 3 is 2.84 bits per heavy atom. The van der Waals surface area contributed by atoms with Crippen molar-refractivity contribution in [2.24, 2.45) is 0 Å². The Kier molecular flexibility index (Phi) is 3.53. The maximum absolute atomic E-state index is 8.86. The number of nitrogens with zero attached hydrogens (tertiary/aromatic N) is 2. The SMILES string of the molecule is COc1cc(C#N)ccc1Nc1nccc(C)c1N. The van der Waals surface area contributed by atoms with Crippen LogP contribution in [0.5, 0.6) is 5.75 Å². The first-order chi connectivity index (χ1) is 9.15. The van der Waals surface area contributed by atoms with Crippen LogP contribution >= 0.6 is 0 Å². The molecule has 19 heavy (non-hydrogen) atoms. The molecule has 0 fully saturated rings. The van der Waals surface area contributed by atoms with E-state index in [0.29, 0.717) is 28.5 Å². The first kappa shape index (κ1) is 12.7. The summed E-state index contributed by atoms with van der Waals surface area (Å²) in [5.74, 6) is 1.14. The van der Waals surface area contributed by atoms with Crippen LogP contribution in [0, 0.1) is 18.3 Å². The molecule has 0 radical (unpaired) electrons.